The van der Waals surface area contributed by atoms with Gasteiger partial charge in [0.1, 0.15) is 11.6 Å². The summed E-state index contributed by atoms with van der Waals surface area (Å²) in [5.74, 6) is 1.97. The van der Waals surface area contributed by atoms with Gasteiger partial charge in [0, 0.05) is 30.8 Å². The molecule has 0 saturated heterocycles. The van der Waals surface area contributed by atoms with Crippen molar-refractivity contribution in [2.24, 2.45) is 0 Å². The van der Waals surface area contributed by atoms with Gasteiger partial charge in [0.2, 0.25) is 0 Å². The fourth-order valence-electron chi connectivity index (χ4n) is 4.64. The monoisotopic (exact) mass is 481 g/mol. The first-order chi connectivity index (χ1) is 17.7. The molecule has 1 aromatic heterocycles. The van der Waals surface area contributed by atoms with Gasteiger partial charge in [0.15, 0.2) is 0 Å². The lowest BCUT2D eigenvalue weighted by molar-refractivity contribution is 0.246. The van der Waals surface area contributed by atoms with E-state index in [0.29, 0.717) is 0 Å². The van der Waals surface area contributed by atoms with Crippen LogP contribution in [0.5, 0.6) is 5.75 Å². The molecule has 4 aromatic rings. The lowest BCUT2D eigenvalue weighted by Crippen LogP contribution is -2.26. The molecule has 188 valence electrons. The van der Waals surface area contributed by atoms with Gasteiger partial charge in [-0.25, -0.2) is 4.98 Å². The summed E-state index contributed by atoms with van der Waals surface area (Å²) in [6.45, 7) is 8.31. The molecule has 0 saturated carbocycles. The maximum Gasteiger partial charge on any atom is 0.140 e. The van der Waals surface area contributed by atoms with Crippen LogP contribution in [-0.2, 0) is 19.6 Å². The number of methoxy groups -OCH3 is 1. The molecule has 0 atom stereocenters. The first-order valence-electron chi connectivity index (χ1n) is 13.3. The van der Waals surface area contributed by atoms with Crippen LogP contribution in [0.2, 0.25) is 0 Å². The summed E-state index contributed by atoms with van der Waals surface area (Å²) in [6.07, 6.45) is 4.63. The summed E-state index contributed by atoms with van der Waals surface area (Å²) in [7, 11) is 1.72. The summed E-state index contributed by atoms with van der Waals surface area (Å²) in [4.78, 5) is 7.86. The van der Waals surface area contributed by atoms with Crippen molar-refractivity contribution in [2.75, 3.05) is 13.7 Å². The van der Waals surface area contributed by atoms with E-state index in [1.54, 1.807) is 7.11 Å². The Morgan fingerprint density at radius 2 is 1.39 bits per heavy atom. The molecule has 36 heavy (non-hydrogen) atoms. The SMILES string of the molecule is CCCCN(Cc1ccc(OC)cc1)Cc1c(-c2ccccc2)nc(-c2ccccc2)n1CCCC. The maximum absolute atomic E-state index is 5.37. The fourth-order valence-corrected chi connectivity index (χ4v) is 4.64. The molecule has 0 aliphatic heterocycles. The average molecular weight is 482 g/mol. The summed E-state index contributed by atoms with van der Waals surface area (Å²) in [6, 6.07) is 29.8. The standard InChI is InChI=1S/C32H39N3O/c1-4-6-22-34(24-26-18-20-29(36-3)21-19-26)25-30-31(27-14-10-8-11-15-27)33-32(35(30)23-7-5-2)28-16-12-9-13-17-28/h8-21H,4-7,22-25H2,1-3H3. The smallest absolute Gasteiger partial charge is 0.140 e. The van der Waals surface area contributed by atoms with Crippen LogP contribution in [0.15, 0.2) is 84.9 Å². The van der Waals surface area contributed by atoms with E-state index < -0.39 is 0 Å². The summed E-state index contributed by atoms with van der Waals surface area (Å²) in [5.41, 5.74) is 6.06. The fraction of sp³-hybridized carbons (Fsp3) is 0.344. The van der Waals surface area contributed by atoms with Gasteiger partial charge in [0.05, 0.1) is 18.5 Å². The highest BCUT2D eigenvalue weighted by molar-refractivity contribution is 5.68. The number of benzene rings is 3. The van der Waals surface area contributed by atoms with Crippen molar-refractivity contribution in [2.45, 2.75) is 59.2 Å². The van der Waals surface area contributed by atoms with Gasteiger partial charge in [-0.3, -0.25) is 4.90 Å². The van der Waals surface area contributed by atoms with E-state index >= 15 is 0 Å². The van der Waals surface area contributed by atoms with Crippen LogP contribution in [0.1, 0.15) is 50.8 Å². The van der Waals surface area contributed by atoms with Crippen molar-refractivity contribution in [3.8, 4) is 28.4 Å². The second-order valence-corrected chi connectivity index (χ2v) is 9.38. The van der Waals surface area contributed by atoms with Gasteiger partial charge in [-0.1, -0.05) is 99.5 Å². The number of nitrogens with zero attached hydrogens (tertiary/aromatic N) is 3. The minimum Gasteiger partial charge on any atom is -0.497 e. The highest BCUT2D eigenvalue weighted by Gasteiger charge is 2.21. The molecule has 0 amide bonds. The van der Waals surface area contributed by atoms with Crippen molar-refractivity contribution < 1.29 is 4.74 Å². The third-order valence-corrected chi connectivity index (χ3v) is 6.65. The Balaban J connectivity index is 1.76. The van der Waals surface area contributed by atoms with E-state index in [-0.39, 0.29) is 0 Å². The lowest BCUT2D eigenvalue weighted by atomic mass is 10.1. The zero-order valence-corrected chi connectivity index (χ0v) is 22.0. The van der Waals surface area contributed by atoms with E-state index in [2.05, 4.69) is 108 Å². The number of hydrogen-bond acceptors (Lipinski definition) is 3. The Morgan fingerprint density at radius 1 is 0.750 bits per heavy atom. The minimum absolute atomic E-state index is 0.861. The molecule has 0 unspecified atom stereocenters. The van der Waals surface area contributed by atoms with Gasteiger partial charge in [-0.2, -0.15) is 0 Å². The highest BCUT2D eigenvalue weighted by Crippen LogP contribution is 2.31. The van der Waals surface area contributed by atoms with Crippen LogP contribution >= 0.6 is 0 Å². The second-order valence-electron chi connectivity index (χ2n) is 9.38. The molecule has 0 bridgehead atoms. The topological polar surface area (TPSA) is 30.3 Å². The maximum atomic E-state index is 5.37. The first kappa shape index (κ1) is 25.7. The predicted molar refractivity (Wildman–Crippen MR) is 150 cm³/mol. The Morgan fingerprint density at radius 3 is 2.00 bits per heavy atom. The number of ether oxygens (including phenoxy) is 1. The molecule has 4 nitrogen and oxygen atoms in total. The summed E-state index contributed by atoms with van der Waals surface area (Å²) in [5, 5.41) is 0. The first-order valence-corrected chi connectivity index (χ1v) is 13.3. The zero-order valence-electron chi connectivity index (χ0n) is 22.0. The normalized spacial score (nSPS) is 11.2. The van der Waals surface area contributed by atoms with E-state index in [1.165, 1.54) is 35.2 Å². The minimum atomic E-state index is 0.861. The van der Waals surface area contributed by atoms with Gasteiger partial charge < -0.3 is 9.30 Å². The predicted octanol–water partition coefficient (Wildman–Crippen LogP) is 7.83. The number of unbranched alkanes of at least 4 members (excludes halogenated alkanes) is 2. The molecule has 0 aliphatic carbocycles. The largest absolute Gasteiger partial charge is 0.497 e. The molecule has 1 heterocycles. The average Bonchev–Trinajstić information content (AvgIpc) is 3.29. The Kier molecular flexibility index (Phi) is 9.34. The van der Waals surface area contributed by atoms with Crippen molar-refractivity contribution in [3.63, 3.8) is 0 Å². The number of rotatable bonds is 13. The van der Waals surface area contributed by atoms with Crippen molar-refractivity contribution >= 4 is 0 Å². The van der Waals surface area contributed by atoms with Crippen molar-refractivity contribution in [1.29, 1.82) is 0 Å². The van der Waals surface area contributed by atoms with Gasteiger partial charge in [0.25, 0.3) is 0 Å². The van der Waals surface area contributed by atoms with Gasteiger partial charge in [-0.15, -0.1) is 0 Å². The molecular formula is C32H39N3O. The van der Waals surface area contributed by atoms with Crippen LogP contribution in [0.3, 0.4) is 0 Å². The molecule has 0 aliphatic rings. The van der Waals surface area contributed by atoms with E-state index in [4.69, 9.17) is 9.72 Å². The molecule has 4 heteroatoms. The molecular weight excluding hydrogens is 442 g/mol. The Bertz CT molecular complexity index is 1180. The van der Waals surface area contributed by atoms with Crippen LogP contribution in [-0.4, -0.2) is 28.1 Å². The third kappa shape index (κ3) is 6.44. The Labute approximate surface area is 216 Å². The number of imidazole rings is 1. The molecule has 0 N–H and O–H groups in total. The van der Waals surface area contributed by atoms with E-state index in [1.807, 2.05) is 0 Å². The highest BCUT2D eigenvalue weighted by atomic mass is 16.5. The van der Waals surface area contributed by atoms with Gasteiger partial charge >= 0.3 is 0 Å². The number of aromatic nitrogens is 2. The Hall–Kier alpha value is -3.37. The van der Waals surface area contributed by atoms with E-state index in [0.717, 1.165) is 56.3 Å². The lowest BCUT2D eigenvalue weighted by Gasteiger charge is -2.24. The van der Waals surface area contributed by atoms with E-state index in [9.17, 15) is 0 Å². The molecule has 0 spiro atoms. The number of hydrogen-bond donors (Lipinski definition) is 0. The molecule has 3 aromatic carbocycles. The summed E-state index contributed by atoms with van der Waals surface area (Å²) < 4.78 is 7.85. The summed E-state index contributed by atoms with van der Waals surface area (Å²) >= 11 is 0. The van der Waals surface area contributed by atoms with Crippen LogP contribution in [0, 0.1) is 0 Å². The van der Waals surface area contributed by atoms with Crippen molar-refractivity contribution in [3.05, 3.63) is 96.2 Å². The quantitative estimate of drug-likeness (QED) is 0.195. The van der Waals surface area contributed by atoms with Crippen LogP contribution in [0.25, 0.3) is 22.6 Å². The zero-order chi connectivity index (χ0) is 25.2. The molecule has 0 radical (unpaired) electrons. The van der Waals surface area contributed by atoms with Crippen LogP contribution < -0.4 is 4.74 Å². The third-order valence-electron chi connectivity index (χ3n) is 6.65. The second kappa shape index (κ2) is 13.1. The van der Waals surface area contributed by atoms with Gasteiger partial charge in [-0.05, 0) is 37.1 Å². The molecule has 0 fully saturated rings. The van der Waals surface area contributed by atoms with Crippen LogP contribution in [0.4, 0.5) is 0 Å². The van der Waals surface area contributed by atoms with Crippen molar-refractivity contribution in [1.82, 2.24) is 14.5 Å². The molecule has 4 rings (SSSR count).